The van der Waals surface area contributed by atoms with Gasteiger partial charge in [0, 0.05) is 0 Å². The molecule has 0 aliphatic rings. The summed E-state index contributed by atoms with van der Waals surface area (Å²) in [7, 11) is 0. The predicted octanol–water partition coefficient (Wildman–Crippen LogP) is 7.94. The van der Waals surface area contributed by atoms with Crippen LogP contribution in [0.5, 0.6) is 11.5 Å². The zero-order valence-electron chi connectivity index (χ0n) is 15.9. The van der Waals surface area contributed by atoms with Gasteiger partial charge < -0.3 is 4.74 Å². The Morgan fingerprint density at radius 2 is 1.08 bits per heavy atom. The topological polar surface area (TPSA) is 9.23 Å². The molecule has 2 aromatic carbocycles. The monoisotopic (exact) mass is 338 g/mol. The number of rotatable bonds is 13. The molecule has 2 aromatic rings. The Bertz CT molecular complexity index is 544. The van der Waals surface area contributed by atoms with E-state index in [1.807, 2.05) is 30.3 Å². The third-order valence-electron chi connectivity index (χ3n) is 4.72. The van der Waals surface area contributed by atoms with Crippen LogP contribution in [0.2, 0.25) is 0 Å². The number of aryl methyl sites for hydroxylation is 1. The van der Waals surface area contributed by atoms with Crippen molar-refractivity contribution in [1.29, 1.82) is 0 Å². The first-order valence-electron chi connectivity index (χ1n) is 10.2. The van der Waals surface area contributed by atoms with Gasteiger partial charge in [0.15, 0.2) is 0 Å². The summed E-state index contributed by atoms with van der Waals surface area (Å²) in [5.74, 6) is 1.81. The lowest BCUT2D eigenvalue weighted by Gasteiger charge is -2.07. The second kappa shape index (κ2) is 12.6. The van der Waals surface area contributed by atoms with E-state index in [9.17, 15) is 0 Å². The molecule has 136 valence electrons. The van der Waals surface area contributed by atoms with Gasteiger partial charge in [-0.2, -0.15) is 0 Å². The van der Waals surface area contributed by atoms with Crippen LogP contribution in [-0.4, -0.2) is 0 Å². The van der Waals surface area contributed by atoms with Crippen molar-refractivity contribution in [3.05, 3.63) is 60.2 Å². The molecule has 0 fully saturated rings. The standard InChI is InChI=1S/C24H34O/c1-2-3-4-5-6-7-8-9-10-12-15-22-18-20-24(21-19-22)25-23-16-13-11-14-17-23/h11,13-14,16-21H,2-10,12,15H2,1H3. The Hall–Kier alpha value is -1.76. The normalized spacial score (nSPS) is 10.8. The second-order valence-electron chi connectivity index (χ2n) is 6.99. The van der Waals surface area contributed by atoms with Gasteiger partial charge in [-0.3, -0.25) is 0 Å². The SMILES string of the molecule is CCCCCCCCCCCCc1ccc(Oc2ccccc2)cc1. The summed E-state index contributed by atoms with van der Waals surface area (Å²) >= 11 is 0. The van der Waals surface area contributed by atoms with Gasteiger partial charge in [-0.15, -0.1) is 0 Å². The van der Waals surface area contributed by atoms with Crippen LogP contribution in [0, 0.1) is 0 Å². The average Bonchev–Trinajstić information content (AvgIpc) is 2.65. The number of hydrogen-bond donors (Lipinski definition) is 0. The van der Waals surface area contributed by atoms with Gasteiger partial charge in [-0.05, 0) is 42.7 Å². The highest BCUT2D eigenvalue weighted by molar-refractivity contribution is 5.32. The molecule has 1 heteroatoms. The van der Waals surface area contributed by atoms with E-state index in [1.165, 1.54) is 76.2 Å². The van der Waals surface area contributed by atoms with E-state index < -0.39 is 0 Å². The number of para-hydroxylation sites is 1. The highest BCUT2D eigenvalue weighted by Crippen LogP contribution is 2.21. The molecule has 1 nitrogen and oxygen atoms in total. The van der Waals surface area contributed by atoms with Crippen molar-refractivity contribution in [2.45, 2.75) is 77.6 Å². The van der Waals surface area contributed by atoms with E-state index in [2.05, 4.69) is 31.2 Å². The van der Waals surface area contributed by atoms with Crippen LogP contribution >= 0.6 is 0 Å². The van der Waals surface area contributed by atoms with Crippen LogP contribution in [0.15, 0.2) is 54.6 Å². The van der Waals surface area contributed by atoms with Gasteiger partial charge in [0.25, 0.3) is 0 Å². The number of benzene rings is 2. The molecule has 0 bridgehead atoms. The Balaban J connectivity index is 1.53. The predicted molar refractivity (Wildman–Crippen MR) is 109 cm³/mol. The van der Waals surface area contributed by atoms with E-state index in [1.54, 1.807) is 0 Å². The quantitative estimate of drug-likeness (QED) is 0.337. The lowest BCUT2D eigenvalue weighted by molar-refractivity contribution is 0.482. The number of hydrogen-bond acceptors (Lipinski definition) is 1. The molecule has 0 amide bonds. The van der Waals surface area contributed by atoms with E-state index >= 15 is 0 Å². The summed E-state index contributed by atoms with van der Waals surface area (Å²) in [4.78, 5) is 0. The molecule has 25 heavy (non-hydrogen) atoms. The molecule has 0 aromatic heterocycles. The number of unbranched alkanes of at least 4 members (excludes halogenated alkanes) is 9. The van der Waals surface area contributed by atoms with Crippen LogP contribution in [0.1, 0.15) is 76.7 Å². The van der Waals surface area contributed by atoms with Crippen LogP contribution in [-0.2, 0) is 6.42 Å². The van der Waals surface area contributed by atoms with Crippen molar-refractivity contribution in [3.8, 4) is 11.5 Å². The molecule has 0 saturated heterocycles. The lowest BCUT2D eigenvalue weighted by atomic mass is 10.0. The maximum atomic E-state index is 5.84. The second-order valence-corrected chi connectivity index (χ2v) is 6.99. The first-order chi connectivity index (χ1) is 12.4. The van der Waals surface area contributed by atoms with Gasteiger partial charge in [-0.1, -0.05) is 95.0 Å². The van der Waals surface area contributed by atoms with Gasteiger partial charge in [0.05, 0.1) is 0 Å². The molecular formula is C24H34O. The molecule has 0 radical (unpaired) electrons. The average molecular weight is 339 g/mol. The van der Waals surface area contributed by atoms with Crippen molar-refractivity contribution in [2.75, 3.05) is 0 Å². The molecule has 0 N–H and O–H groups in total. The van der Waals surface area contributed by atoms with E-state index in [0.29, 0.717) is 0 Å². The summed E-state index contributed by atoms with van der Waals surface area (Å²) in [6.07, 6.45) is 15.1. The van der Waals surface area contributed by atoms with Crippen molar-refractivity contribution in [1.82, 2.24) is 0 Å². The van der Waals surface area contributed by atoms with E-state index in [-0.39, 0.29) is 0 Å². The first-order valence-corrected chi connectivity index (χ1v) is 10.2. The van der Waals surface area contributed by atoms with Gasteiger partial charge >= 0.3 is 0 Å². The molecule has 2 rings (SSSR count). The zero-order valence-corrected chi connectivity index (χ0v) is 15.9. The van der Waals surface area contributed by atoms with Gasteiger partial charge in [0.2, 0.25) is 0 Å². The minimum Gasteiger partial charge on any atom is -0.457 e. The highest BCUT2D eigenvalue weighted by Gasteiger charge is 1.98. The van der Waals surface area contributed by atoms with Crippen LogP contribution in [0.3, 0.4) is 0 Å². The fraction of sp³-hybridized carbons (Fsp3) is 0.500. The van der Waals surface area contributed by atoms with Crippen LogP contribution in [0.25, 0.3) is 0 Å². The summed E-state index contributed by atoms with van der Waals surface area (Å²) in [6.45, 7) is 2.28. The maximum absolute atomic E-state index is 5.84. The molecule has 0 spiro atoms. The Morgan fingerprint density at radius 3 is 1.68 bits per heavy atom. The fourth-order valence-electron chi connectivity index (χ4n) is 3.17. The van der Waals surface area contributed by atoms with E-state index in [4.69, 9.17) is 4.74 Å². The van der Waals surface area contributed by atoms with Crippen molar-refractivity contribution < 1.29 is 4.74 Å². The molecule has 0 saturated carbocycles. The Labute approximate surface area is 154 Å². The van der Waals surface area contributed by atoms with E-state index in [0.717, 1.165) is 11.5 Å². The molecular weight excluding hydrogens is 304 g/mol. The maximum Gasteiger partial charge on any atom is 0.127 e. The number of ether oxygens (including phenoxy) is 1. The van der Waals surface area contributed by atoms with Crippen molar-refractivity contribution >= 4 is 0 Å². The van der Waals surface area contributed by atoms with Gasteiger partial charge in [-0.25, -0.2) is 0 Å². The smallest absolute Gasteiger partial charge is 0.127 e. The van der Waals surface area contributed by atoms with Crippen LogP contribution in [0.4, 0.5) is 0 Å². The summed E-state index contributed by atoms with van der Waals surface area (Å²) < 4.78 is 5.84. The minimum atomic E-state index is 0.893. The highest BCUT2D eigenvalue weighted by atomic mass is 16.5. The molecule has 0 aliphatic heterocycles. The summed E-state index contributed by atoms with van der Waals surface area (Å²) in [5.41, 5.74) is 1.42. The summed E-state index contributed by atoms with van der Waals surface area (Å²) in [5, 5.41) is 0. The Kier molecular flexibility index (Phi) is 9.84. The summed E-state index contributed by atoms with van der Waals surface area (Å²) in [6, 6.07) is 18.5. The van der Waals surface area contributed by atoms with Crippen molar-refractivity contribution in [2.24, 2.45) is 0 Å². The Morgan fingerprint density at radius 1 is 0.560 bits per heavy atom. The minimum absolute atomic E-state index is 0.893. The third-order valence-corrected chi connectivity index (χ3v) is 4.72. The molecule has 0 unspecified atom stereocenters. The van der Waals surface area contributed by atoms with Crippen molar-refractivity contribution in [3.63, 3.8) is 0 Å². The third kappa shape index (κ3) is 8.77. The first kappa shape index (κ1) is 19.6. The molecule has 0 aliphatic carbocycles. The fourth-order valence-corrected chi connectivity index (χ4v) is 3.17. The zero-order chi connectivity index (χ0) is 17.6. The molecule has 0 atom stereocenters. The van der Waals surface area contributed by atoms with Crippen LogP contribution < -0.4 is 4.74 Å². The van der Waals surface area contributed by atoms with Gasteiger partial charge in [0.1, 0.15) is 11.5 Å². The largest absolute Gasteiger partial charge is 0.457 e. The molecule has 0 heterocycles. The lowest BCUT2D eigenvalue weighted by Crippen LogP contribution is -1.88.